The van der Waals surface area contributed by atoms with E-state index >= 15 is 8.78 Å². The minimum absolute atomic E-state index is 0.0726. The van der Waals surface area contributed by atoms with Crippen LogP contribution in [0.25, 0.3) is 32.9 Å². The highest BCUT2D eigenvalue weighted by Gasteiger charge is 2.49. The number of fused-ring (bicyclic) bond motifs is 3. The van der Waals surface area contributed by atoms with Gasteiger partial charge < -0.3 is 19.3 Å². The number of halogens is 3. The number of ether oxygens (including phenoxy) is 3. The molecule has 2 aliphatic heterocycles. The summed E-state index contributed by atoms with van der Waals surface area (Å²) in [5.74, 6) is -1.06. The van der Waals surface area contributed by atoms with Crippen molar-refractivity contribution in [3.8, 4) is 23.0 Å². The second-order valence-corrected chi connectivity index (χ2v) is 10.9. The molecule has 0 bridgehead atoms. The molecule has 0 radical (unpaired) electrons. The second-order valence-electron chi connectivity index (χ2n) is 10.9. The number of aryl methyl sites for hydroxylation is 1. The molecule has 9 nitrogen and oxygen atoms in total. The Morgan fingerprint density at radius 1 is 1.24 bits per heavy atom. The average molecular weight is 585 g/mol. The molecule has 4 aromatic rings. The summed E-state index contributed by atoms with van der Waals surface area (Å²) in [7, 11) is 1.46. The van der Waals surface area contributed by atoms with Crippen molar-refractivity contribution in [3.63, 3.8) is 0 Å². The molecule has 2 fully saturated rings. The third-order valence-corrected chi connectivity index (χ3v) is 8.24. The van der Waals surface area contributed by atoms with Gasteiger partial charge in [0, 0.05) is 38.4 Å². The summed E-state index contributed by atoms with van der Waals surface area (Å²) >= 11 is 0. The van der Waals surface area contributed by atoms with E-state index in [4.69, 9.17) is 14.2 Å². The van der Waals surface area contributed by atoms with Gasteiger partial charge in [-0.3, -0.25) is 19.7 Å². The van der Waals surface area contributed by atoms with Crippen molar-refractivity contribution in [2.24, 2.45) is 0 Å². The minimum Gasteiger partial charge on any atom is -0.468 e. The van der Waals surface area contributed by atoms with E-state index in [9.17, 15) is 14.3 Å². The first-order valence-electron chi connectivity index (χ1n) is 13.9. The van der Waals surface area contributed by atoms with Crippen LogP contribution in [0.1, 0.15) is 31.2 Å². The standard InChI is InChI=1S/C30H31F3N4O5/c1-40-16-42-19-10-17-5-6-23(32)20(4-2-9-38)24(17)21(11-19)26-25(33)27-22(13-34-26)28(39)36-29(35-27)41-15-30-7-3-8-37(30)14-18(31)12-30/h5-6,10-11,13,18,38H,2-4,7-9,12,14-16H2,1H3,(H,35,36,39)/t18-,30+/m1/s1. The third kappa shape index (κ3) is 5.07. The van der Waals surface area contributed by atoms with Crippen LogP contribution in [-0.4, -0.2) is 76.9 Å². The molecule has 2 aromatic carbocycles. The van der Waals surface area contributed by atoms with Crippen LogP contribution in [0.2, 0.25) is 0 Å². The number of H-pyrrole nitrogens is 1. The van der Waals surface area contributed by atoms with Crippen molar-refractivity contribution in [1.29, 1.82) is 0 Å². The van der Waals surface area contributed by atoms with Crippen molar-refractivity contribution < 1.29 is 32.5 Å². The molecule has 2 aliphatic rings. The Morgan fingerprint density at radius 2 is 2.10 bits per heavy atom. The summed E-state index contributed by atoms with van der Waals surface area (Å²) in [6.45, 7) is 1.01. The Balaban J connectivity index is 1.46. The van der Waals surface area contributed by atoms with Crippen LogP contribution >= 0.6 is 0 Å². The number of aliphatic hydroxyl groups is 1. The van der Waals surface area contributed by atoms with Crippen LogP contribution in [0.5, 0.6) is 11.8 Å². The number of hydrogen-bond acceptors (Lipinski definition) is 8. The Labute approximate surface area is 239 Å². The maximum atomic E-state index is 16.3. The molecule has 2 aromatic heterocycles. The topological polar surface area (TPSA) is 110 Å². The van der Waals surface area contributed by atoms with E-state index in [-0.39, 0.29) is 54.6 Å². The summed E-state index contributed by atoms with van der Waals surface area (Å²) in [6.07, 6.45) is 2.78. The van der Waals surface area contributed by atoms with Gasteiger partial charge in [0.25, 0.3) is 11.6 Å². The fraction of sp³-hybridized carbons (Fsp3) is 0.433. The zero-order valence-corrected chi connectivity index (χ0v) is 23.1. The Kier molecular flexibility index (Phi) is 7.77. The van der Waals surface area contributed by atoms with Crippen molar-refractivity contribution >= 4 is 21.7 Å². The number of methoxy groups -OCH3 is 1. The molecule has 2 N–H and O–H groups in total. The number of aromatic nitrogens is 3. The summed E-state index contributed by atoms with van der Waals surface area (Å²) in [6, 6.07) is 5.91. The minimum atomic E-state index is -0.950. The summed E-state index contributed by atoms with van der Waals surface area (Å²) in [5.41, 5.74) is -1.02. The molecule has 0 unspecified atom stereocenters. The van der Waals surface area contributed by atoms with Crippen molar-refractivity contribution in [2.75, 3.05) is 40.2 Å². The van der Waals surface area contributed by atoms with Crippen LogP contribution < -0.4 is 15.0 Å². The monoisotopic (exact) mass is 584 g/mol. The molecule has 0 amide bonds. The van der Waals surface area contributed by atoms with Crippen LogP contribution in [0.3, 0.4) is 0 Å². The lowest BCUT2D eigenvalue weighted by atomic mass is 9.93. The van der Waals surface area contributed by atoms with Gasteiger partial charge >= 0.3 is 0 Å². The van der Waals surface area contributed by atoms with Crippen LogP contribution in [0.15, 0.2) is 35.3 Å². The Hall–Kier alpha value is -3.74. The van der Waals surface area contributed by atoms with Crippen LogP contribution in [0, 0.1) is 11.6 Å². The average Bonchev–Trinajstić information content (AvgIpc) is 3.50. The fourth-order valence-corrected chi connectivity index (χ4v) is 6.34. The van der Waals surface area contributed by atoms with Gasteiger partial charge in [0.05, 0.1) is 10.9 Å². The van der Waals surface area contributed by atoms with E-state index in [2.05, 4.69) is 19.9 Å². The lowest BCUT2D eigenvalue weighted by molar-refractivity contribution is 0.0512. The number of alkyl halides is 1. The highest BCUT2D eigenvalue weighted by Crippen LogP contribution is 2.41. The van der Waals surface area contributed by atoms with Gasteiger partial charge in [-0.25, -0.2) is 13.2 Å². The Morgan fingerprint density at radius 3 is 2.90 bits per heavy atom. The SMILES string of the molecule is COCOc1cc(-c2ncc3c(=O)[nH]c(OC[C@@]45CCCN4C[C@H](F)C5)nc3c2F)c2c(CCCO)c(F)ccc2c1. The Bertz CT molecular complexity index is 1700. The van der Waals surface area contributed by atoms with Crippen molar-refractivity contribution in [2.45, 2.75) is 43.8 Å². The molecule has 0 spiro atoms. The number of aliphatic hydroxyl groups excluding tert-OH is 1. The summed E-state index contributed by atoms with van der Waals surface area (Å²) in [5, 5.41) is 10.3. The molecule has 12 heteroatoms. The second kappa shape index (κ2) is 11.5. The maximum Gasteiger partial charge on any atom is 0.297 e. The normalized spacial score (nSPS) is 20.5. The quantitative estimate of drug-likeness (QED) is 0.266. The molecule has 0 aliphatic carbocycles. The van der Waals surface area contributed by atoms with Gasteiger partial charge in [0.15, 0.2) is 12.6 Å². The van der Waals surface area contributed by atoms with Gasteiger partial charge in [-0.1, -0.05) is 6.07 Å². The molecule has 6 rings (SSSR count). The van der Waals surface area contributed by atoms with Crippen molar-refractivity contribution in [1.82, 2.24) is 19.9 Å². The van der Waals surface area contributed by atoms with Gasteiger partial charge in [-0.05, 0) is 66.8 Å². The van der Waals surface area contributed by atoms with Crippen LogP contribution in [-0.2, 0) is 11.2 Å². The lowest BCUT2D eigenvalue weighted by Gasteiger charge is -2.30. The largest absolute Gasteiger partial charge is 0.468 e. The number of aromatic amines is 1. The smallest absolute Gasteiger partial charge is 0.297 e. The fourth-order valence-electron chi connectivity index (χ4n) is 6.34. The molecule has 0 saturated carbocycles. The predicted octanol–water partition coefficient (Wildman–Crippen LogP) is 4.28. The first-order chi connectivity index (χ1) is 20.3. The van der Waals surface area contributed by atoms with Crippen molar-refractivity contribution in [3.05, 3.63) is 58.0 Å². The van der Waals surface area contributed by atoms with Gasteiger partial charge in [-0.15, -0.1) is 0 Å². The zero-order valence-electron chi connectivity index (χ0n) is 23.1. The third-order valence-electron chi connectivity index (χ3n) is 8.24. The molecular weight excluding hydrogens is 553 g/mol. The van der Waals surface area contributed by atoms with E-state index in [1.165, 1.54) is 25.4 Å². The molecule has 2 atom stereocenters. The highest BCUT2D eigenvalue weighted by molar-refractivity contribution is 6.01. The number of nitrogens with zero attached hydrogens (tertiary/aromatic N) is 3. The summed E-state index contributed by atoms with van der Waals surface area (Å²) < 4.78 is 62.1. The number of hydrogen-bond donors (Lipinski definition) is 2. The number of pyridine rings is 1. The van der Waals surface area contributed by atoms with Gasteiger partial charge in [0.2, 0.25) is 0 Å². The molecule has 42 heavy (non-hydrogen) atoms. The van der Waals surface area contributed by atoms with E-state index in [0.29, 0.717) is 41.5 Å². The van der Waals surface area contributed by atoms with E-state index in [1.807, 2.05) is 0 Å². The zero-order chi connectivity index (χ0) is 29.4. The number of benzene rings is 2. The van der Waals surface area contributed by atoms with Crippen LogP contribution in [0.4, 0.5) is 13.2 Å². The lowest BCUT2D eigenvalue weighted by Crippen LogP contribution is -2.43. The molecule has 222 valence electrons. The summed E-state index contributed by atoms with van der Waals surface area (Å²) in [4.78, 5) is 26.1. The van der Waals surface area contributed by atoms with Gasteiger partial charge in [-0.2, -0.15) is 4.98 Å². The first kappa shape index (κ1) is 28.4. The highest BCUT2D eigenvalue weighted by atomic mass is 19.1. The molecule has 4 heterocycles. The predicted molar refractivity (Wildman–Crippen MR) is 149 cm³/mol. The number of rotatable bonds is 10. The first-order valence-corrected chi connectivity index (χ1v) is 13.9. The van der Waals surface area contributed by atoms with E-state index in [1.54, 1.807) is 12.1 Å². The molecular formula is C30H31F3N4O5. The van der Waals surface area contributed by atoms with Gasteiger partial charge in [0.1, 0.15) is 35.6 Å². The molecule has 2 saturated heterocycles. The number of nitrogens with one attached hydrogen (secondary N) is 1. The van der Waals surface area contributed by atoms with E-state index < -0.39 is 28.9 Å². The van der Waals surface area contributed by atoms with E-state index in [0.717, 1.165) is 19.4 Å². The maximum absolute atomic E-state index is 16.3.